The van der Waals surface area contributed by atoms with E-state index in [1.165, 1.54) is 11.3 Å². The topological polar surface area (TPSA) is 51.2 Å². The maximum Gasteiger partial charge on any atom is 0.261 e. The number of hydrogen-bond acceptors (Lipinski definition) is 4. The van der Waals surface area contributed by atoms with Crippen LogP contribution in [0.15, 0.2) is 30.3 Å². The van der Waals surface area contributed by atoms with Crippen molar-refractivity contribution in [1.29, 1.82) is 0 Å². The average Bonchev–Trinajstić information content (AvgIpc) is 3.00. The second kappa shape index (κ2) is 7.47. The molecule has 2 heterocycles. The second-order valence-corrected chi connectivity index (χ2v) is 7.21. The van der Waals surface area contributed by atoms with Crippen LogP contribution >= 0.6 is 22.9 Å². The third-order valence-electron chi connectivity index (χ3n) is 3.60. The van der Waals surface area contributed by atoms with E-state index in [2.05, 4.69) is 10.3 Å². The Bertz CT molecular complexity index is 876. The molecule has 126 valence electrons. The second-order valence-electron chi connectivity index (χ2n) is 5.80. The smallest absolute Gasteiger partial charge is 0.261 e. The van der Waals surface area contributed by atoms with E-state index in [1.54, 1.807) is 0 Å². The molecule has 0 fully saturated rings. The molecule has 3 aromatic rings. The van der Waals surface area contributed by atoms with Crippen LogP contribution in [0.3, 0.4) is 0 Å². The lowest BCUT2D eigenvalue weighted by molar-refractivity contribution is 0.0757. The van der Waals surface area contributed by atoms with Gasteiger partial charge < -0.3 is 10.1 Å². The fraction of sp³-hybridized carbons (Fsp3) is 0.333. The number of nitrogens with zero attached hydrogens (tertiary/aromatic N) is 1. The Hall–Kier alpha value is -1.69. The zero-order valence-corrected chi connectivity index (χ0v) is 15.2. The van der Waals surface area contributed by atoms with E-state index in [-0.39, 0.29) is 12.0 Å². The number of para-hydroxylation sites is 1. The van der Waals surface area contributed by atoms with Crippen molar-refractivity contribution in [3.05, 3.63) is 40.4 Å². The van der Waals surface area contributed by atoms with Crippen LogP contribution in [-0.2, 0) is 4.74 Å². The molecule has 6 heteroatoms. The summed E-state index contributed by atoms with van der Waals surface area (Å²) in [5.74, 6) is -0.0825. The Morgan fingerprint density at radius 2 is 2.12 bits per heavy atom. The Kier molecular flexibility index (Phi) is 5.33. The summed E-state index contributed by atoms with van der Waals surface area (Å²) in [4.78, 5) is 17.4. The summed E-state index contributed by atoms with van der Waals surface area (Å²) in [7, 11) is 0. The van der Waals surface area contributed by atoms with Crippen molar-refractivity contribution in [2.75, 3.05) is 13.2 Å². The van der Waals surface area contributed by atoms with Crippen LogP contribution < -0.4 is 5.32 Å². The van der Waals surface area contributed by atoms with Crippen LogP contribution in [0.1, 0.15) is 29.9 Å². The van der Waals surface area contributed by atoms with Crippen LogP contribution in [0.5, 0.6) is 0 Å². The largest absolute Gasteiger partial charge is 0.379 e. The molecule has 0 radical (unpaired) electrons. The number of aromatic nitrogens is 1. The van der Waals surface area contributed by atoms with Gasteiger partial charge in [-0.1, -0.05) is 29.8 Å². The van der Waals surface area contributed by atoms with Crippen molar-refractivity contribution in [2.45, 2.75) is 26.4 Å². The first-order chi connectivity index (χ1) is 11.6. The molecule has 0 bridgehead atoms. The summed E-state index contributed by atoms with van der Waals surface area (Å²) in [5.41, 5.74) is 0.842. The maximum atomic E-state index is 12.4. The highest BCUT2D eigenvalue weighted by Crippen LogP contribution is 2.35. The number of hydrogen-bond donors (Lipinski definition) is 1. The standard InChI is InChI=1S/C18H19ClN2O2S/c1-11(2)23-9-5-8-20-18(22)15-10-13-16(24-15)12-6-3-4-7-14(12)21-17(13)19/h3-4,6-7,10-11H,5,8-9H2,1-2H3,(H,20,22). The Morgan fingerprint density at radius 1 is 1.33 bits per heavy atom. The molecule has 0 saturated carbocycles. The van der Waals surface area contributed by atoms with Crippen molar-refractivity contribution < 1.29 is 9.53 Å². The number of ether oxygens (including phenoxy) is 1. The number of rotatable bonds is 6. The highest BCUT2D eigenvalue weighted by Gasteiger charge is 2.15. The van der Waals surface area contributed by atoms with Gasteiger partial charge in [0.15, 0.2) is 0 Å². The van der Waals surface area contributed by atoms with Crippen molar-refractivity contribution in [2.24, 2.45) is 0 Å². The van der Waals surface area contributed by atoms with Gasteiger partial charge in [0.05, 0.1) is 16.5 Å². The molecule has 2 aromatic heterocycles. The van der Waals surface area contributed by atoms with E-state index in [0.717, 1.165) is 27.4 Å². The number of pyridine rings is 1. The molecule has 0 aliphatic rings. The van der Waals surface area contributed by atoms with Crippen molar-refractivity contribution in [3.63, 3.8) is 0 Å². The van der Waals surface area contributed by atoms with E-state index in [9.17, 15) is 4.79 Å². The fourth-order valence-corrected chi connectivity index (χ4v) is 3.87. The molecule has 0 unspecified atom stereocenters. The number of nitrogens with one attached hydrogen (secondary N) is 1. The minimum absolute atomic E-state index is 0.0825. The molecule has 0 spiro atoms. The number of carbonyl (C=O) groups is 1. The van der Waals surface area contributed by atoms with E-state index in [1.807, 2.05) is 44.2 Å². The van der Waals surface area contributed by atoms with Crippen LogP contribution in [-0.4, -0.2) is 30.1 Å². The summed E-state index contributed by atoms with van der Waals surface area (Å²) in [6.07, 6.45) is 1.01. The lowest BCUT2D eigenvalue weighted by Gasteiger charge is -2.07. The SMILES string of the molecule is CC(C)OCCCNC(=O)c1cc2c(Cl)nc3ccccc3c2s1. The monoisotopic (exact) mass is 362 g/mol. The molecule has 1 aromatic carbocycles. The first-order valence-electron chi connectivity index (χ1n) is 7.94. The van der Waals surface area contributed by atoms with Gasteiger partial charge in [-0.05, 0) is 32.4 Å². The van der Waals surface area contributed by atoms with Crippen LogP contribution in [0.25, 0.3) is 21.0 Å². The molecular formula is C18H19ClN2O2S. The van der Waals surface area contributed by atoms with Crippen LogP contribution in [0.4, 0.5) is 0 Å². The Balaban J connectivity index is 1.77. The summed E-state index contributed by atoms with van der Waals surface area (Å²) < 4.78 is 6.47. The zero-order valence-electron chi connectivity index (χ0n) is 13.6. The molecular weight excluding hydrogens is 344 g/mol. The first-order valence-corrected chi connectivity index (χ1v) is 9.13. The van der Waals surface area contributed by atoms with Gasteiger partial charge >= 0.3 is 0 Å². The quantitative estimate of drug-likeness (QED) is 0.513. The van der Waals surface area contributed by atoms with Gasteiger partial charge in [-0.25, -0.2) is 4.98 Å². The minimum atomic E-state index is -0.0825. The lowest BCUT2D eigenvalue weighted by Crippen LogP contribution is -2.24. The van der Waals surface area contributed by atoms with E-state index in [4.69, 9.17) is 16.3 Å². The normalized spacial score (nSPS) is 11.5. The highest BCUT2D eigenvalue weighted by molar-refractivity contribution is 7.21. The number of thiophene rings is 1. The zero-order chi connectivity index (χ0) is 17.1. The van der Waals surface area contributed by atoms with Crippen LogP contribution in [0, 0.1) is 0 Å². The van der Waals surface area contributed by atoms with E-state index in [0.29, 0.717) is 23.2 Å². The predicted octanol–water partition coefficient (Wildman–Crippen LogP) is 4.65. The van der Waals surface area contributed by atoms with Gasteiger partial charge in [-0.15, -0.1) is 11.3 Å². The van der Waals surface area contributed by atoms with E-state index >= 15 is 0 Å². The maximum absolute atomic E-state index is 12.4. The molecule has 1 amide bonds. The highest BCUT2D eigenvalue weighted by atomic mass is 35.5. The van der Waals surface area contributed by atoms with Crippen molar-refractivity contribution >= 4 is 49.8 Å². The molecule has 0 saturated heterocycles. The van der Waals surface area contributed by atoms with Gasteiger partial charge in [0.1, 0.15) is 5.15 Å². The van der Waals surface area contributed by atoms with Gasteiger partial charge in [0, 0.05) is 28.6 Å². The molecule has 3 rings (SSSR count). The van der Waals surface area contributed by atoms with Crippen molar-refractivity contribution in [3.8, 4) is 0 Å². The van der Waals surface area contributed by atoms with Gasteiger partial charge in [0.25, 0.3) is 5.91 Å². The summed E-state index contributed by atoms with van der Waals surface area (Å²) in [5, 5.41) is 5.21. The third kappa shape index (κ3) is 3.69. The fourth-order valence-electron chi connectivity index (χ4n) is 2.47. The molecule has 24 heavy (non-hydrogen) atoms. The minimum Gasteiger partial charge on any atom is -0.379 e. The Morgan fingerprint density at radius 3 is 2.92 bits per heavy atom. The van der Waals surface area contributed by atoms with Crippen molar-refractivity contribution in [1.82, 2.24) is 10.3 Å². The number of amides is 1. The lowest BCUT2D eigenvalue weighted by atomic mass is 10.2. The molecule has 1 N–H and O–H groups in total. The number of fused-ring (bicyclic) bond motifs is 3. The first kappa shape index (κ1) is 17.1. The number of carbonyl (C=O) groups excluding carboxylic acids is 1. The third-order valence-corrected chi connectivity index (χ3v) is 5.06. The summed E-state index contributed by atoms with van der Waals surface area (Å²) in [6.45, 7) is 5.23. The van der Waals surface area contributed by atoms with Gasteiger partial charge in [0.2, 0.25) is 0 Å². The number of halogens is 1. The van der Waals surface area contributed by atoms with E-state index < -0.39 is 0 Å². The Labute approximate surface area is 149 Å². The molecule has 0 atom stereocenters. The summed E-state index contributed by atoms with van der Waals surface area (Å²) in [6, 6.07) is 9.64. The molecule has 0 aliphatic carbocycles. The average molecular weight is 363 g/mol. The number of benzene rings is 1. The predicted molar refractivity (Wildman–Crippen MR) is 100 cm³/mol. The molecule has 0 aliphatic heterocycles. The van der Waals surface area contributed by atoms with Crippen LogP contribution in [0.2, 0.25) is 5.15 Å². The molecule has 4 nitrogen and oxygen atoms in total. The van der Waals surface area contributed by atoms with Gasteiger partial charge in [-0.3, -0.25) is 4.79 Å². The van der Waals surface area contributed by atoms with Gasteiger partial charge in [-0.2, -0.15) is 0 Å². The summed E-state index contributed by atoms with van der Waals surface area (Å²) >= 11 is 7.73.